The van der Waals surface area contributed by atoms with Crippen molar-refractivity contribution in [1.82, 2.24) is 5.32 Å². The van der Waals surface area contributed by atoms with E-state index in [4.69, 9.17) is 4.74 Å². The van der Waals surface area contributed by atoms with Crippen LogP contribution in [0.25, 0.3) is 0 Å². The van der Waals surface area contributed by atoms with Gasteiger partial charge in [-0.25, -0.2) is 0 Å². The number of esters is 1. The first-order chi connectivity index (χ1) is 5.65. The second-order valence-corrected chi connectivity index (χ2v) is 3.47. The summed E-state index contributed by atoms with van der Waals surface area (Å²) in [6.45, 7) is 6.56. The summed E-state index contributed by atoms with van der Waals surface area (Å²) in [5.74, 6) is 0.466. The Morgan fingerprint density at radius 1 is 1.58 bits per heavy atom. The average Bonchev–Trinajstić information content (AvgIpc) is 2.33. The van der Waals surface area contributed by atoms with Gasteiger partial charge in [0.1, 0.15) is 6.04 Å². The van der Waals surface area contributed by atoms with Crippen molar-refractivity contribution >= 4 is 5.97 Å². The lowest BCUT2D eigenvalue weighted by Gasteiger charge is -2.09. The normalized spacial score (nSPS) is 35.1. The third-order valence-electron chi connectivity index (χ3n) is 2.50. The highest BCUT2D eigenvalue weighted by Gasteiger charge is 2.32. The summed E-state index contributed by atoms with van der Waals surface area (Å²) < 4.78 is 4.92. The predicted molar refractivity (Wildman–Crippen MR) is 46.8 cm³/mol. The van der Waals surface area contributed by atoms with E-state index in [1.807, 2.05) is 6.92 Å². The lowest BCUT2D eigenvalue weighted by molar-refractivity contribution is -0.145. The van der Waals surface area contributed by atoms with Crippen molar-refractivity contribution in [2.75, 3.05) is 6.61 Å². The van der Waals surface area contributed by atoms with Crippen molar-refractivity contribution in [3.63, 3.8) is 0 Å². The van der Waals surface area contributed by atoms with Gasteiger partial charge in [0.05, 0.1) is 6.61 Å². The molecule has 1 fully saturated rings. The third kappa shape index (κ3) is 1.97. The zero-order chi connectivity index (χ0) is 9.14. The Labute approximate surface area is 73.5 Å². The van der Waals surface area contributed by atoms with Gasteiger partial charge in [-0.1, -0.05) is 6.92 Å². The SMILES string of the molecule is CCOC(=O)[C@H]1C[C@@H](C)[C@@H](C)N1. The molecule has 3 heteroatoms. The quantitative estimate of drug-likeness (QED) is 0.628. The van der Waals surface area contributed by atoms with Crippen LogP contribution >= 0.6 is 0 Å². The van der Waals surface area contributed by atoms with Crippen molar-refractivity contribution in [2.24, 2.45) is 5.92 Å². The van der Waals surface area contributed by atoms with Crippen LogP contribution in [0.5, 0.6) is 0 Å². The molecule has 1 N–H and O–H groups in total. The highest BCUT2D eigenvalue weighted by Crippen LogP contribution is 2.19. The van der Waals surface area contributed by atoms with E-state index in [1.54, 1.807) is 0 Å². The molecular weight excluding hydrogens is 154 g/mol. The molecule has 3 atom stereocenters. The van der Waals surface area contributed by atoms with Crippen LogP contribution in [0, 0.1) is 5.92 Å². The van der Waals surface area contributed by atoms with E-state index in [-0.39, 0.29) is 12.0 Å². The lowest BCUT2D eigenvalue weighted by Crippen LogP contribution is -2.35. The molecular formula is C9H17NO2. The van der Waals surface area contributed by atoms with E-state index in [2.05, 4.69) is 19.2 Å². The van der Waals surface area contributed by atoms with Crippen LogP contribution < -0.4 is 5.32 Å². The summed E-state index contributed by atoms with van der Waals surface area (Å²) in [6.07, 6.45) is 0.903. The fourth-order valence-corrected chi connectivity index (χ4v) is 1.53. The number of hydrogen-bond acceptors (Lipinski definition) is 3. The molecule has 1 aliphatic rings. The predicted octanol–water partition coefficient (Wildman–Crippen LogP) is 0.936. The van der Waals surface area contributed by atoms with Gasteiger partial charge in [-0.15, -0.1) is 0 Å². The van der Waals surface area contributed by atoms with Crippen molar-refractivity contribution in [1.29, 1.82) is 0 Å². The second-order valence-electron chi connectivity index (χ2n) is 3.47. The van der Waals surface area contributed by atoms with E-state index >= 15 is 0 Å². The molecule has 0 radical (unpaired) electrons. The van der Waals surface area contributed by atoms with Gasteiger partial charge < -0.3 is 10.1 Å². The van der Waals surface area contributed by atoms with Crippen LogP contribution in [0.2, 0.25) is 0 Å². The smallest absolute Gasteiger partial charge is 0.323 e. The second kappa shape index (κ2) is 3.90. The van der Waals surface area contributed by atoms with Crippen LogP contribution in [-0.2, 0) is 9.53 Å². The molecule has 1 aliphatic heterocycles. The molecule has 12 heavy (non-hydrogen) atoms. The Kier molecular flexibility index (Phi) is 3.09. The maximum atomic E-state index is 11.3. The largest absolute Gasteiger partial charge is 0.465 e. The van der Waals surface area contributed by atoms with Crippen LogP contribution in [0.15, 0.2) is 0 Å². The standard InChI is InChI=1S/C9H17NO2/c1-4-12-9(11)8-5-6(2)7(3)10-8/h6-8,10H,4-5H2,1-3H3/t6-,7-,8-/m1/s1. The fourth-order valence-electron chi connectivity index (χ4n) is 1.53. The number of carbonyl (C=O) groups is 1. The summed E-state index contributed by atoms with van der Waals surface area (Å²) in [5, 5.41) is 3.21. The molecule has 0 aromatic heterocycles. The molecule has 0 unspecified atom stereocenters. The first-order valence-corrected chi connectivity index (χ1v) is 4.57. The van der Waals surface area contributed by atoms with Crippen molar-refractivity contribution in [3.05, 3.63) is 0 Å². The number of hydrogen-bond donors (Lipinski definition) is 1. The van der Waals surface area contributed by atoms with E-state index in [0.29, 0.717) is 18.6 Å². The Hall–Kier alpha value is -0.570. The number of nitrogens with one attached hydrogen (secondary N) is 1. The van der Waals surface area contributed by atoms with Gasteiger partial charge in [0, 0.05) is 6.04 Å². The lowest BCUT2D eigenvalue weighted by atomic mass is 10.0. The first-order valence-electron chi connectivity index (χ1n) is 4.57. The van der Waals surface area contributed by atoms with Gasteiger partial charge >= 0.3 is 5.97 Å². The molecule has 1 rings (SSSR count). The Balaban J connectivity index is 2.40. The zero-order valence-electron chi connectivity index (χ0n) is 7.96. The van der Waals surface area contributed by atoms with Gasteiger partial charge in [-0.2, -0.15) is 0 Å². The molecule has 0 spiro atoms. The fraction of sp³-hybridized carbons (Fsp3) is 0.889. The minimum Gasteiger partial charge on any atom is -0.465 e. The van der Waals surface area contributed by atoms with Gasteiger partial charge in [0.2, 0.25) is 0 Å². The molecule has 3 nitrogen and oxygen atoms in total. The molecule has 0 amide bonds. The highest BCUT2D eigenvalue weighted by molar-refractivity contribution is 5.76. The highest BCUT2D eigenvalue weighted by atomic mass is 16.5. The molecule has 0 aliphatic carbocycles. The molecule has 0 aromatic rings. The van der Waals surface area contributed by atoms with Crippen molar-refractivity contribution in [2.45, 2.75) is 39.3 Å². The minimum atomic E-state index is -0.103. The maximum Gasteiger partial charge on any atom is 0.323 e. The van der Waals surface area contributed by atoms with Crippen LogP contribution in [-0.4, -0.2) is 24.7 Å². The van der Waals surface area contributed by atoms with Gasteiger partial charge in [-0.3, -0.25) is 4.79 Å². The Morgan fingerprint density at radius 2 is 2.25 bits per heavy atom. The number of ether oxygens (including phenoxy) is 1. The minimum absolute atomic E-state index is 0.0741. The van der Waals surface area contributed by atoms with Crippen LogP contribution in [0.3, 0.4) is 0 Å². The molecule has 1 heterocycles. The molecule has 1 saturated heterocycles. The number of rotatable bonds is 2. The summed E-state index contributed by atoms with van der Waals surface area (Å²) in [7, 11) is 0. The summed E-state index contributed by atoms with van der Waals surface area (Å²) >= 11 is 0. The van der Waals surface area contributed by atoms with Crippen molar-refractivity contribution < 1.29 is 9.53 Å². The van der Waals surface area contributed by atoms with Crippen LogP contribution in [0.4, 0.5) is 0 Å². The third-order valence-corrected chi connectivity index (χ3v) is 2.50. The monoisotopic (exact) mass is 171 g/mol. The topological polar surface area (TPSA) is 38.3 Å². The Morgan fingerprint density at radius 3 is 2.67 bits per heavy atom. The first kappa shape index (κ1) is 9.52. The maximum absolute atomic E-state index is 11.3. The van der Waals surface area contributed by atoms with E-state index in [9.17, 15) is 4.79 Å². The molecule has 0 bridgehead atoms. The Bertz CT molecular complexity index is 160. The van der Waals surface area contributed by atoms with E-state index < -0.39 is 0 Å². The summed E-state index contributed by atoms with van der Waals surface area (Å²) in [4.78, 5) is 11.3. The zero-order valence-corrected chi connectivity index (χ0v) is 7.96. The molecule has 70 valence electrons. The van der Waals surface area contributed by atoms with Crippen molar-refractivity contribution in [3.8, 4) is 0 Å². The van der Waals surface area contributed by atoms with E-state index in [1.165, 1.54) is 0 Å². The van der Waals surface area contributed by atoms with Gasteiger partial charge in [0.15, 0.2) is 0 Å². The van der Waals surface area contributed by atoms with E-state index in [0.717, 1.165) is 6.42 Å². The molecule has 0 saturated carbocycles. The molecule has 0 aromatic carbocycles. The number of carbonyl (C=O) groups excluding carboxylic acids is 1. The van der Waals surface area contributed by atoms with Gasteiger partial charge in [-0.05, 0) is 26.2 Å². The van der Waals surface area contributed by atoms with Crippen LogP contribution in [0.1, 0.15) is 27.2 Å². The summed E-state index contributed by atoms with van der Waals surface area (Å²) in [6, 6.07) is 0.356. The van der Waals surface area contributed by atoms with Gasteiger partial charge in [0.25, 0.3) is 0 Å². The average molecular weight is 171 g/mol. The summed E-state index contributed by atoms with van der Waals surface area (Å²) in [5.41, 5.74) is 0.